The molecule has 1 amide bonds. The molecular formula is C25H26N2O. The first kappa shape index (κ1) is 18.5. The van der Waals surface area contributed by atoms with E-state index < -0.39 is 0 Å². The summed E-state index contributed by atoms with van der Waals surface area (Å²) < 4.78 is 0. The molecule has 0 unspecified atom stereocenters. The van der Waals surface area contributed by atoms with Crippen LogP contribution in [0.5, 0.6) is 0 Å². The largest absolute Gasteiger partial charge is 0.352 e. The molecular weight excluding hydrogens is 344 g/mol. The van der Waals surface area contributed by atoms with E-state index in [1.807, 2.05) is 24.3 Å². The Labute approximate surface area is 167 Å². The van der Waals surface area contributed by atoms with Gasteiger partial charge < -0.3 is 5.32 Å². The zero-order valence-electron chi connectivity index (χ0n) is 16.1. The van der Waals surface area contributed by atoms with Gasteiger partial charge >= 0.3 is 0 Å². The van der Waals surface area contributed by atoms with Crippen molar-refractivity contribution in [1.82, 2.24) is 10.2 Å². The Morgan fingerprint density at radius 3 is 2.18 bits per heavy atom. The van der Waals surface area contributed by atoms with Gasteiger partial charge in [0.25, 0.3) is 0 Å². The van der Waals surface area contributed by atoms with Crippen LogP contribution >= 0.6 is 0 Å². The quantitative estimate of drug-likeness (QED) is 0.702. The molecule has 0 bridgehead atoms. The summed E-state index contributed by atoms with van der Waals surface area (Å²) in [7, 11) is 0. The fraction of sp³-hybridized carbons (Fsp3) is 0.240. The second kappa shape index (κ2) is 8.85. The number of likely N-dealkylation sites (tertiary alicyclic amines) is 1. The standard InChI is InChI=1S/C25H26N2O/c28-25(17-20-11-13-23(14-12-20)22-9-5-2-6-10-22)26-24-15-16-27(19-24)18-21-7-3-1-4-8-21/h1-14,24H,15-19H2,(H,26,28)/t24-/m0/s1. The van der Waals surface area contributed by atoms with Crippen LogP contribution in [0.4, 0.5) is 0 Å². The van der Waals surface area contributed by atoms with Crippen molar-refractivity contribution < 1.29 is 4.79 Å². The fourth-order valence-electron chi connectivity index (χ4n) is 3.85. The van der Waals surface area contributed by atoms with E-state index >= 15 is 0 Å². The van der Waals surface area contributed by atoms with Crippen molar-refractivity contribution in [3.63, 3.8) is 0 Å². The number of carbonyl (C=O) groups is 1. The SMILES string of the molecule is O=C(Cc1ccc(-c2ccccc2)cc1)N[C@H]1CCN(Cc2ccccc2)C1. The highest BCUT2D eigenvalue weighted by Gasteiger charge is 2.23. The molecule has 3 aromatic rings. The molecule has 1 saturated heterocycles. The van der Waals surface area contributed by atoms with Crippen LogP contribution in [0.25, 0.3) is 11.1 Å². The monoisotopic (exact) mass is 370 g/mol. The molecule has 1 aliphatic rings. The molecule has 3 nitrogen and oxygen atoms in total. The number of hydrogen-bond donors (Lipinski definition) is 1. The number of nitrogens with one attached hydrogen (secondary N) is 1. The highest BCUT2D eigenvalue weighted by Crippen LogP contribution is 2.19. The van der Waals surface area contributed by atoms with Crippen LogP contribution in [0.1, 0.15) is 17.5 Å². The molecule has 3 heteroatoms. The molecule has 1 N–H and O–H groups in total. The summed E-state index contributed by atoms with van der Waals surface area (Å²) in [6.07, 6.45) is 1.45. The minimum Gasteiger partial charge on any atom is -0.352 e. The van der Waals surface area contributed by atoms with Crippen molar-refractivity contribution in [2.24, 2.45) is 0 Å². The zero-order chi connectivity index (χ0) is 19.2. The van der Waals surface area contributed by atoms with Gasteiger partial charge in [-0.05, 0) is 28.7 Å². The van der Waals surface area contributed by atoms with E-state index in [0.717, 1.165) is 31.6 Å². The first-order valence-electron chi connectivity index (χ1n) is 9.96. The van der Waals surface area contributed by atoms with Crippen LogP contribution in [0.3, 0.4) is 0 Å². The van der Waals surface area contributed by atoms with E-state index in [1.165, 1.54) is 16.7 Å². The van der Waals surface area contributed by atoms with E-state index in [2.05, 4.69) is 70.9 Å². The molecule has 4 rings (SSSR count). The maximum Gasteiger partial charge on any atom is 0.224 e. The Balaban J connectivity index is 1.27. The average Bonchev–Trinajstić information content (AvgIpc) is 3.16. The third-order valence-electron chi connectivity index (χ3n) is 5.31. The molecule has 1 aliphatic heterocycles. The van der Waals surface area contributed by atoms with Crippen molar-refractivity contribution in [2.75, 3.05) is 13.1 Å². The smallest absolute Gasteiger partial charge is 0.224 e. The maximum absolute atomic E-state index is 12.5. The summed E-state index contributed by atoms with van der Waals surface area (Å²) in [6, 6.07) is 29.4. The summed E-state index contributed by atoms with van der Waals surface area (Å²) >= 11 is 0. The molecule has 1 atom stereocenters. The third-order valence-corrected chi connectivity index (χ3v) is 5.31. The number of nitrogens with zero attached hydrogens (tertiary/aromatic N) is 1. The number of carbonyl (C=O) groups excluding carboxylic acids is 1. The Kier molecular flexibility index (Phi) is 5.83. The second-order valence-corrected chi connectivity index (χ2v) is 7.51. The summed E-state index contributed by atoms with van der Waals surface area (Å²) in [5.74, 6) is 0.110. The van der Waals surface area contributed by atoms with Gasteiger partial charge in [0.1, 0.15) is 0 Å². The lowest BCUT2D eigenvalue weighted by Gasteiger charge is -2.17. The minimum atomic E-state index is 0.110. The van der Waals surface area contributed by atoms with Gasteiger partial charge in [-0.2, -0.15) is 0 Å². The predicted molar refractivity (Wildman–Crippen MR) is 114 cm³/mol. The number of benzene rings is 3. The summed E-state index contributed by atoms with van der Waals surface area (Å²) in [5.41, 5.74) is 4.75. The first-order chi connectivity index (χ1) is 13.8. The lowest BCUT2D eigenvalue weighted by Crippen LogP contribution is -2.37. The predicted octanol–water partition coefficient (Wildman–Crippen LogP) is 4.29. The van der Waals surface area contributed by atoms with Gasteiger partial charge in [0.15, 0.2) is 0 Å². The Hall–Kier alpha value is -2.91. The molecule has 1 heterocycles. The molecule has 28 heavy (non-hydrogen) atoms. The third kappa shape index (κ3) is 4.87. The Bertz CT molecular complexity index is 891. The fourth-order valence-corrected chi connectivity index (χ4v) is 3.85. The molecule has 3 aromatic carbocycles. The van der Waals surface area contributed by atoms with Crippen LogP contribution in [-0.2, 0) is 17.8 Å². The minimum absolute atomic E-state index is 0.110. The van der Waals surface area contributed by atoms with Crippen LogP contribution in [-0.4, -0.2) is 29.9 Å². The van der Waals surface area contributed by atoms with Gasteiger partial charge in [0.2, 0.25) is 5.91 Å². The van der Waals surface area contributed by atoms with E-state index in [-0.39, 0.29) is 11.9 Å². The van der Waals surface area contributed by atoms with E-state index in [0.29, 0.717) is 6.42 Å². The lowest BCUT2D eigenvalue weighted by molar-refractivity contribution is -0.121. The average molecular weight is 370 g/mol. The van der Waals surface area contributed by atoms with Crippen molar-refractivity contribution in [2.45, 2.75) is 25.4 Å². The highest BCUT2D eigenvalue weighted by atomic mass is 16.1. The molecule has 0 aromatic heterocycles. The van der Waals surface area contributed by atoms with Gasteiger partial charge in [-0.15, -0.1) is 0 Å². The van der Waals surface area contributed by atoms with Crippen molar-refractivity contribution in [3.05, 3.63) is 96.1 Å². The van der Waals surface area contributed by atoms with E-state index in [4.69, 9.17) is 0 Å². The van der Waals surface area contributed by atoms with Crippen LogP contribution in [0, 0.1) is 0 Å². The molecule has 142 valence electrons. The highest BCUT2D eigenvalue weighted by molar-refractivity contribution is 5.79. The first-order valence-corrected chi connectivity index (χ1v) is 9.96. The van der Waals surface area contributed by atoms with Crippen LogP contribution in [0.2, 0.25) is 0 Å². The van der Waals surface area contributed by atoms with Crippen LogP contribution in [0.15, 0.2) is 84.9 Å². The Morgan fingerprint density at radius 1 is 0.821 bits per heavy atom. The molecule has 1 fully saturated rings. The topological polar surface area (TPSA) is 32.3 Å². The van der Waals surface area contributed by atoms with Gasteiger partial charge in [-0.1, -0.05) is 84.9 Å². The summed E-state index contributed by atoms with van der Waals surface area (Å²) in [5, 5.41) is 3.21. The number of amides is 1. The lowest BCUT2D eigenvalue weighted by atomic mass is 10.0. The summed E-state index contributed by atoms with van der Waals surface area (Å²) in [6.45, 7) is 2.91. The van der Waals surface area contributed by atoms with Crippen molar-refractivity contribution in [1.29, 1.82) is 0 Å². The van der Waals surface area contributed by atoms with Gasteiger partial charge in [-0.3, -0.25) is 9.69 Å². The van der Waals surface area contributed by atoms with Crippen molar-refractivity contribution >= 4 is 5.91 Å². The van der Waals surface area contributed by atoms with Crippen LogP contribution < -0.4 is 5.32 Å². The van der Waals surface area contributed by atoms with Crippen molar-refractivity contribution in [3.8, 4) is 11.1 Å². The number of hydrogen-bond acceptors (Lipinski definition) is 2. The molecule has 0 saturated carbocycles. The zero-order valence-corrected chi connectivity index (χ0v) is 16.1. The summed E-state index contributed by atoms with van der Waals surface area (Å²) in [4.78, 5) is 14.9. The maximum atomic E-state index is 12.5. The van der Waals surface area contributed by atoms with E-state index in [1.54, 1.807) is 0 Å². The normalized spacial score (nSPS) is 16.8. The van der Waals surface area contributed by atoms with Gasteiger partial charge in [0.05, 0.1) is 6.42 Å². The molecule has 0 spiro atoms. The van der Waals surface area contributed by atoms with Gasteiger partial charge in [-0.25, -0.2) is 0 Å². The number of rotatable bonds is 6. The van der Waals surface area contributed by atoms with Gasteiger partial charge in [0, 0.05) is 25.7 Å². The second-order valence-electron chi connectivity index (χ2n) is 7.51. The Morgan fingerprint density at radius 2 is 1.46 bits per heavy atom. The van der Waals surface area contributed by atoms with E-state index in [9.17, 15) is 4.79 Å². The molecule has 0 aliphatic carbocycles. The molecule has 0 radical (unpaired) electrons.